The Morgan fingerprint density at radius 1 is 1.22 bits per heavy atom. The predicted molar refractivity (Wildman–Crippen MR) is 106 cm³/mol. The van der Waals surface area contributed by atoms with Crippen molar-refractivity contribution in [1.82, 2.24) is 20.0 Å². The number of amides is 1. The zero-order chi connectivity index (χ0) is 19.1. The highest BCUT2D eigenvalue weighted by atomic mass is 16.5. The first kappa shape index (κ1) is 19.6. The maximum atomic E-state index is 12.6. The number of carbonyl (C=O) groups excluding carboxylic acids is 1. The van der Waals surface area contributed by atoms with Crippen LogP contribution < -0.4 is 5.32 Å². The quantitative estimate of drug-likeness (QED) is 0.775. The molecule has 1 saturated heterocycles. The summed E-state index contributed by atoms with van der Waals surface area (Å²) in [7, 11) is 0. The minimum atomic E-state index is -0.0590. The van der Waals surface area contributed by atoms with Crippen LogP contribution >= 0.6 is 0 Å². The fourth-order valence-corrected chi connectivity index (χ4v) is 3.50. The largest absolute Gasteiger partial charge is 0.379 e. The van der Waals surface area contributed by atoms with E-state index >= 15 is 0 Å². The lowest BCUT2D eigenvalue weighted by Gasteiger charge is -2.35. The average Bonchev–Trinajstić information content (AvgIpc) is 3.14. The van der Waals surface area contributed by atoms with Crippen LogP contribution in [-0.2, 0) is 11.3 Å². The Morgan fingerprint density at radius 3 is 2.67 bits per heavy atom. The topological polar surface area (TPSA) is 59.4 Å². The van der Waals surface area contributed by atoms with Gasteiger partial charge in [0.25, 0.3) is 5.91 Å². The molecule has 0 saturated carbocycles. The molecule has 1 aromatic heterocycles. The van der Waals surface area contributed by atoms with Gasteiger partial charge < -0.3 is 10.1 Å². The second kappa shape index (κ2) is 9.67. The van der Waals surface area contributed by atoms with Crippen LogP contribution in [0.25, 0.3) is 0 Å². The Bertz CT molecular complexity index is 708. The van der Waals surface area contributed by atoms with Crippen LogP contribution in [0.2, 0.25) is 0 Å². The lowest BCUT2D eigenvalue weighted by atomic mass is 10.0. The summed E-state index contributed by atoms with van der Waals surface area (Å²) in [5, 5.41) is 7.43. The third-order valence-corrected chi connectivity index (χ3v) is 4.89. The number of morpholine rings is 1. The number of hydrogen-bond donors (Lipinski definition) is 1. The van der Waals surface area contributed by atoms with E-state index in [0.29, 0.717) is 30.6 Å². The first-order chi connectivity index (χ1) is 13.1. The molecule has 1 atom stereocenters. The maximum Gasteiger partial charge on any atom is 0.254 e. The van der Waals surface area contributed by atoms with Crippen molar-refractivity contribution in [3.8, 4) is 0 Å². The molecule has 0 bridgehead atoms. The van der Waals surface area contributed by atoms with Gasteiger partial charge in [-0.3, -0.25) is 14.4 Å². The second-order valence-corrected chi connectivity index (χ2v) is 7.55. The zero-order valence-corrected chi connectivity index (χ0v) is 16.3. The second-order valence-electron chi connectivity index (χ2n) is 7.55. The molecular formula is C21H30N4O2. The molecule has 0 spiro atoms. The van der Waals surface area contributed by atoms with Crippen LogP contribution in [0.4, 0.5) is 0 Å². The Hall–Kier alpha value is -2.18. The number of benzene rings is 1. The van der Waals surface area contributed by atoms with Gasteiger partial charge in [0.05, 0.1) is 31.5 Å². The molecule has 1 aliphatic rings. The maximum absolute atomic E-state index is 12.6. The molecular weight excluding hydrogens is 340 g/mol. The molecule has 1 aromatic carbocycles. The van der Waals surface area contributed by atoms with Crippen molar-refractivity contribution in [3.63, 3.8) is 0 Å². The van der Waals surface area contributed by atoms with Crippen LogP contribution in [0.5, 0.6) is 0 Å². The zero-order valence-electron chi connectivity index (χ0n) is 16.3. The van der Waals surface area contributed by atoms with Crippen molar-refractivity contribution in [2.75, 3.05) is 32.8 Å². The fraction of sp³-hybridized carbons (Fsp3) is 0.524. The monoisotopic (exact) mass is 370 g/mol. The van der Waals surface area contributed by atoms with E-state index in [2.05, 4.69) is 41.3 Å². The van der Waals surface area contributed by atoms with E-state index in [4.69, 9.17) is 4.74 Å². The Kier molecular flexibility index (Phi) is 7.01. The normalized spacial score (nSPS) is 16.4. The lowest BCUT2D eigenvalue weighted by Crippen LogP contribution is -2.49. The van der Waals surface area contributed by atoms with Crippen LogP contribution in [0.3, 0.4) is 0 Å². The van der Waals surface area contributed by atoms with Gasteiger partial charge in [-0.2, -0.15) is 5.10 Å². The molecule has 6 heteroatoms. The number of nitrogens with one attached hydrogen (secondary N) is 1. The highest BCUT2D eigenvalue weighted by Crippen LogP contribution is 2.13. The molecule has 1 fully saturated rings. The minimum Gasteiger partial charge on any atom is -0.379 e. The molecule has 0 aliphatic carbocycles. The summed E-state index contributed by atoms with van der Waals surface area (Å²) in [5.41, 5.74) is 1.77. The van der Waals surface area contributed by atoms with Crippen molar-refractivity contribution in [2.45, 2.75) is 32.9 Å². The van der Waals surface area contributed by atoms with Gasteiger partial charge in [-0.05, 0) is 17.9 Å². The minimum absolute atomic E-state index is 0.0590. The summed E-state index contributed by atoms with van der Waals surface area (Å²) in [5.74, 6) is 0.527. The molecule has 1 unspecified atom stereocenters. The number of hydrogen-bond acceptors (Lipinski definition) is 4. The molecule has 27 heavy (non-hydrogen) atoms. The van der Waals surface area contributed by atoms with Gasteiger partial charge in [-0.1, -0.05) is 44.2 Å². The summed E-state index contributed by atoms with van der Waals surface area (Å²) in [6.45, 7) is 9.18. The molecule has 1 amide bonds. The molecule has 2 heterocycles. The number of aromatic nitrogens is 2. The van der Waals surface area contributed by atoms with Crippen molar-refractivity contribution in [1.29, 1.82) is 0 Å². The van der Waals surface area contributed by atoms with E-state index in [1.807, 2.05) is 24.4 Å². The van der Waals surface area contributed by atoms with Gasteiger partial charge in [-0.15, -0.1) is 0 Å². The average molecular weight is 370 g/mol. The van der Waals surface area contributed by atoms with E-state index in [0.717, 1.165) is 38.3 Å². The molecule has 1 aliphatic heterocycles. The highest BCUT2D eigenvalue weighted by Gasteiger charge is 2.22. The van der Waals surface area contributed by atoms with Gasteiger partial charge in [0, 0.05) is 31.9 Å². The molecule has 0 radical (unpaired) electrons. The fourth-order valence-electron chi connectivity index (χ4n) is 3.50. The van der Waals surface area contributed by atoms with Gasteiger partial charge >= 0.3 is 0 Å². The van der Waals surface area contributed by atoms with Gasteiger partial charge in [0.1, 0.15) is 0 Å². The number of rotatable bonds is 8. The Balaban J connectivity index is 1.55. The molecule has 1 N–H and O–H groups in total. The van der Waals surface area contributed by atoms with Gasteiger partial charge in [0.2, 0.25) is 0 Å². The van der Waals surface area contributed by atoms with Crippen LogP contribution in [0.15, 0.2) is 42.7 Å². The third-order valence-electron chi connectivity index (χ3n) is 4.89. The van der Waals surface area contributed by atoms with E-state index in [1.165, 1.54) is 0 Å². The summed E-state index contributed by atoms with van der Waals surface area (Å²) in [4.78, 5) is 15.0. The first-order valence-electron chi connectivity index (χ1n) is 9.78. The Labute approximate surface area is 161 Å². The SMILES string of the molecule is CC(C)CC(CNC(=O)c1cnn(Cc2ccccc2)c1)N1CCOCC1. The van der Waals surface area contributed by atoms with Gasteiger partial charge in [0.15, 0.2) is 0 Å². The van der Waals surface area contributed by atoms with Crippen molar-refractivity contribution >= 4 is 5.91 Å². The van der Waals surface area contributed by atoms with Crippen LogP contribution in [0.1, 0.15) is 36.2 Å². The van der Waals surface area contributed by atoms with Crippen LogP contribution in [0, 0.1) is 5.92 Å². The van der Waals surface area contributed by atoms with E-state index in [9.17, 15) is 4.79 Å². The standard InChI is InChI=1S/C21H30N4O2/c1-17(2)12-20(24-8-10-27-11-9-24)14-22-21(26)19-13-23-25(16-19)15-18-6-4-3-5-7-18/h3-7,13,16-17,20H,8-12,14-15H2,1-2H3,(H,22,26). The number of nitrogens with zero attached hydrogens (tertiary/aromatic N) is 3. The molecule has 146 valence electrons. The predicted octanol–water partition coefficient (Wildman–Crippen LogP) is 2.41. The summed E-state index contributed by atoms with van der Waals surface area (Å²) in [6, 6.07) is 10.5. The third kappa shape index (κ3) is 5.91. The summed E-state index contributed by atoms with van der Waals surface area (Å²) >= 11 is 0. The van der Waals surface area contributed by atoms with Crippen molar-refractivity contribution in [3.05, 3.63) is 53.9 Å². The number of ether oxygens (including phenoxy) is 1. The van der Waals surface area contributed by atoms with E-state index in [-0.39, 0.29) is 5.91 Å². The van der Waals surface area contributed by atoms with Crippen molar-refractivity contribution < 1.29 is 9.53 Å². The van der Waals surface area contributed by atoms with Crippen LogP contribution in [-0.4, -0.2) is 59.5 Å². The highest BCUT2D eigenvalue weighted by molar-refractivity contribution is 5.93. The van der Waals surface area contributed by atoms with E-state index in [1.54, 1.807) is 10.9 Å². The smallest absolute Gasteiger partial charge is 0.254 e. The summed E-state index contributed by atoms with van der Waals surface area (Å²) < 4.78 is 7.26. The first-order valence-corrected chi connectivity index (χ1v) is 9.78. The summed E-state index contributed by atoms with van der Waals surface area (Å²) in [6.07, 6.45) is 4.52. The van der Waals surface area contributed by atoms with Gasteiger partial charge in [-0.25, -0.2) is 0 Å². The van der Waals surface area contributed by atoms with Crippen molar-refractivity contribution in [2.24, 2.45) is 5.92 Å². The number of carbonyl (C=O) groups is 1. The molecule has 3 rings (SSSR count). The lowest BCUT2D eigenvalue weighted by molar-refractivity contribution is 0.0124. The van der Waals surface area contributed by atoms with E-state index < -0.39 is 0 Å². The Morgan fingerprint density at radius 2 is 1.96 bits per heavy atom. The molecule has 6 nitrogen and oxygen atoms in total. The molecule has 2 aromatic rings.